The third-order valence-corrected chi connectivity index (χ3v) is 2.49. The molecule has 2 aromatic heterocycles. The van der Waals surface area contributed by atoms with Crippen LogP contribution in [0.4, 0.5) is 5.82 Å². The van der Waals surface area contributed by atoms with Crippen LogP contribution in [0.1, 0.15) is 23.0 Å². The highest BCUT2D eigenvalue weighted by Crippen LogP contribution is 2.07. The molecule has 0 aliphatic heterocycles. The van der Waals surface area contributed by atoms with Gasteiger partial charge in [0.1, 0.15) is 5.82 Å². The summed E-state index contributed by atoms with van der Waals surface area (Å²) in [6.07, 6.45) is 3.38. The number of carbonyl (C=O) groups is 1. The number of hydrogen-bond donors (Lipinski definition) is 1. The summed E-state index contributed by atoms with van der Waals surface area (Å²) in [6.45, 7) is 2.72. The van der Waals surface area contributed by atoms with E-state index in [-0.39, 0.29) is 5.97 Å². The molecule has 0 aromatic carbocycles. The van der Waals surface area contributed by atoms with Crippen LogP contribution >= 0.6 is 0 Å². The average molecular weight is 260 g/mol. The highest BCUT2D eigenvalue weighted by atomic mass is 16.5. The summed E-state index contributed by atoms with van der Waals surface area (Å²) in [7, 11) is 1.87. The lowest BCUT2D eigenvalue weighted by Crippen LogP contribution is -2.07. The Labute approximate surface area is 111 Å². The molecule has 1 N–H and O–H groups in total. The molecule has 6 heteroatoms. The summed E-state index contributed by atoms with van der Waals surface area (Å²) in [5.74, 6) is 0.338. The van der Waals surface area contributed by atoms with Crippen molar-refractivity contribution in [1.29, 1.82) is 0 Å². The number of nitrogens with zero attached hydrogens (tertiary/aromatic N) is 3. The van der Waals surface area contributed by atoms with Gasteiger partial charge in [0.25, 0.3) is 0 Å². The molecule has 0 saturated heterocycles. The molecular formula is C13H16N4O2. The van der Waals surface area contributed by atoms with Crippen molar-refractivity contribution in [3.8, 4) is 0 Å². The highest BCUT2D eigenvalue weighted by molar-refractivity contribution is 5.89. The Morgan fingerprint density at radius 3 is 2.84 bits per heavy atom. The van der Waals surface area contributed by atoms with E-state index in [1.54, 1.807) is 23.7 Å². The third-order valence-electron chi connectivity index (χ3n) is 2.49. The van der Waals surface area contributed by atoms with Crippen LogP contribution in [0, 0.1) is 0 Å². The van der Waals surface area contributed by atoms with E-state index in [4.69, 9.17) is 4.74 Å². The predicted octanol–water partition coefficient (Wildman–Crippen LogP) is 1.60. The molecule has 0 saturated carbocycles. The summed E-state index contributed by atoms with van der Waals surface area (Å²) in [6, 6.07) is 5.36. The van der Waals surface area contributed by atoms with Crippen LogP contribution in [-0.2, 0) is 18.3 Å². The SMILES string of the molecule is CCOC(=O)c1ccc(NCc2ccn(C)n2)nc1. The van der Waals surface area contributed by atoms with Gasteiger partial charge in [-0.3, -0.25) is 4.68 Å². The lowest BCUT2D eigenvalue weighted by Gasteiger charge is -2.05. The van der Waals surface area contributed by atoms with Gasteiger partial charge in [-0.1, -0.05) is 0 Å². The van der Waals surface area contributed by atoms with E-state index < -0.39 is 0 Å². The molecule has 0 spiro atoms. The van der Waals surface area contributed by atoms with E-state index in [2.05, 4.69) is 15.4 Å². The number of aryl methyl sites for hydroxylation is 1. The van der Waals surface area contributed by atoms with Gasteiger partial charge in [-0.2, -0.15) is 5.10 Å². The lowest BCUT2D eigenvalue weighted by atomic mass is 10.3. The van der Waals surface area contributed by atoms with Gasteiger partial charge in [-0.25, -0.2) is 9.78 Å². The minimum absolute atomic E-state index is 0.355. The number of ether oxygens (including phenoxy) is 1. The van der Waals surface area contributed by atoms with Crippen LogP contribution in [0.3, 0.4) is 0 Å². The van der Waals surface area contributed by atoms with E-state index in [0.29, 0.717) is 24.5 Å². The Balaban J connectivity index is 1.93. The fourth-order valence-corrected chi connectivity index (χ4v) is 1.57. The van der Waals surface area contributed by atoms with Gasteiger partial charge in [-0.05, 0) is 25.1 Å². The fourth-order valence-electron chi connectivity index (χ4n) is 1.57. The van der Waals surface area contributed by atoms with Crippen molar-refractivity contribution in [3.05, 3.63) is 41.9 Å². The monoisotopic (exact) mass is 260 g/mol. The first-order valence-corrected chi connectivity index (χ1v) is 6.04. The first-order chi connectivity index (χ1) is 9.19. The van der Waals surface area contributed by atoms with Gasteiger partial charge in [0, 0.05) is 19.4 Å². The van der Waals surface area contributed by atoms with Crippen molar-refractivity contribution in [1.82, 2.24) is 14.8 Å². The van der Waals surface area contributed by atoms with Crippen molar-refractivity contribution >= 4 is 11.8 Å². The Hall–Kier alpha value is -2.37. The second kappa shape index (κ2) is 5.99. The zero-order valence-electron chi connectivity index (χ0n) is 11.0. The van der Waals surface area contributed by atoms with Crippen molar-refractivity contribution < 1.29 is 9.53 Å². The number of rotatable bonds is 5. The zero-order valence-corrected chi connectivity index (χ0v) is 11.0. The van der Waals surface area contributed by atoms with E-state index in [1.165, 1.54) is 6.20 Å². The molecule has 0 radical (unpaired) electrons. The quantitative estimate of drug-likeness (QED) is 0.827. The predicted molar refractivity (Wildman–Crippen MR) is 70.7 cm³/mol. The molecule has 0 amide bonds. The standard InChI is InChI=1S/C13H16N4O2/c1-3-19-13(18)10-4-5-12(14-8-10)15-9-11-6-7-17(2)16-11/h4-8H,3,9H2,1-2H3,(H,14,15). The summed E-state index contributed by atoms with van der Waals surface area (Å²) in [4.78, 5) is 15.6. The molecule has 0 unspecified atom stereocenters. The topological polar surface area (TPSA) is 69.0 Å². The van der Waals surface area contributed by atoms with Crippen molar-refractivity contribution in [2.75, 3.05) is 11.9 Å². The number of aromatic nitrogens is 3. The minimum atomic E-state index is -0.355. The van der Waals surface area contributed by atoms with Crippen LogP contribution in [0.2, 0.25) is 0 Å². The fraction of sp³-hybridized carbons (Fsp3) is 0.308. The number of anilines is 1. The van der Waals surface area contributed by atoms with Crippen LogP contribution in [0.5, 0.6) is 0 Å². The van der Waals surface area contributed by atoms with Crippen molar-refractivity contribution in [3.63, 3.8) is 0 Å². The van der Waals surface area contributed by atoms with E-state index in [0.717, 1.165) is 5.69 Å². The molecule has 6 nitrogen and oxygen atoms in total. The molecule has 0 bridgehead atoms. The van der Waals surface area contributed by atoms with Gasteiger partial charge in [-0.15, -0.1) is 0 Å². The lowest BCUT2D eigenvalue weighted by molar-refractivity contribution is 0.0526. The average Bonchev–Trinajstić information content (AvgIpc) is 2.83. The van der Waals surface area contributed by atoms with Gasteiger partial charge >= 0.3 is 5.97 Å². The number of pyridine rings is 1. The number of nitrogens with one attached hydrogen (secondary N) is 1. The Morgan fingerprint density at radius 2 is 2.26 bits per heavy atom. The normalized spacial score (nSPS) is 10.2. The van der Waals surface area contributed by atoms with Gasteiger partial charge < -0.3 is 10.1 Å². The van der Waals surface area contributed by atoms with E-state index in [9.17, 15) is 4.79 Å². The highest BCUT2D eigenvalue weighted by Gasteiger charge is 2.06. The van der Waals surface area contributed by atoms with E-state index in [1.807, 2.05) is 19.3 Å². The second-order valence-electron chi connectivity index (χ2n) is 3.99. The number of esters is 1. The summed E-state index contributed by atoms with van der Waals surface area (Å²) >= 11 is 0. The molecule has 100 valence electrons. The van der Waals surface area contributed by atoms with Crippen molar-refractivity contribution in [2.45, 2.75) is 13.5 Å². The number of hydrogen-bond acceptors (Lipinski definition) is 5. The first-order valence-electron chi connectivity index (χ1n) is 6.04. The Kier molecular flexibility index (Phi) is 4.12. The Morgan fingerprint density at radius 1 is 1.42 bits per heavy atom. The molecule has 2 aromatic rings. The summed E-state index contributed by atoms with van der Waals surface area (Å²) < 4.78 is 6.63. The maximum atomic E-state index is 11.4. The van der Waals surface area contributed by atoms with Crippen LogP contribution in [0.15, 0.2) is 30.6 Å². The second-order valence-corrected chi connectivity index (χ2v) is 3.99. The molecule has 0 atom stereocenters. The maximum Gasteiger partial charge on any atom is 0.339 e. The largest absolute Gasteiger partial charge is 0.462 e. The molecule has 0 fully saturated rings. The molecule has 19 heavy (non-hydrogen) atoms. The molecular weight excluding hydrogens is 244 g/mol. The smallest absolute Gasteiger partial charge is 0.339 e. The maximum absolute atomic E-state index is 11.4. The molecule has 0 aliphatic carbocycles. The van der Waals surface area contributed by atoms with Crippen LogP contribution < -0.4 is 5.32 Å². The number of carbonyl (C=O) groups excluding carboxylic acids is 1. The summed E-state index contributed by atoms with van der Waals surface area (Å²) in [5.41, 5.74) is 1.38. The van der Waals surface area contributed by atoms with Gasteiger partial charge in [0.05, 0.1) is 24.4 Å². The zero-order chi connectivity index (χ0) is 13.7. The molecule has 2 heterocycles. The van der Waals surface area contributed by atoms with Gasteiger partial charge in [0.2, 0.25) is 0 Å². The third kappa shape index (κ3) is 3.54. The molecule has 2 rings (SSSR count). The van der Waals surface area contributed by atoms with Crippen LogP contribution in [-0.4, -0.2) is 27.3 Å². The van der Waals surface area contributed by atoms with Crippen LogP contribution in [0.25, 0.3) is 0 Å². The van der Waals surface area contributed by atoms with E-state index >= 15 is 0 Å². The first kappa shape index (κ1) is 13.1. The van der Waals surface area contributed by atoms with Gasteiger partial charge in [0.15, 0.2) is 0 Å². The van der Waals surface area contributed by atoms with Crippen molar-refractivity contribution in [2.24, 2.45) is 7.05 Å². The molecule has 0 aliphatic rings. The summed E-state index contributed by atoms with van der Waals surface area (Å²) in [5, 5.41) is 7.38. The Bertz CT molecular complexity index is 548. The minimum Gasteiger partial charge on any atom is -0.462 e.